The number of ether oxygens (including phenoxy) is 2. The lowest BCUT2D eigenvalue weighted by molar-refractivity contribution is -0.384. The van der Waals surface area contributed by atoms with E-state index in [1.54, 1.807) is 55.8 Å². The van der Waals surface area contributed by atoms with Gasteiger partial charge in [0.1, 0.15) is 0 Å². The van der Waals surface area contributed by atoms with Gasteiger partial charge in [-0.2, -0.15) is 0 Å². The molecule has 3 aromatic carbocycles. The number of carbonyl (C=O) groups excluding carboxylic acids is 1. The Morgan fingerprint density at radius 2 is 1.81 bits per heavy atom. The van der Waals surface area contributed by atoms with Crippen LogP contribution < -0.4 is 9.47 Å². The molecule has 4 rings (SSSR count). The van der Waals surface area contributed by atoms with Crippen molar-refractivity contribution < 1.29 is 19.2 Å². The van der Waals surface area contributed by atoms with Crippen molar-refractivity contribution in [1.82, 2.24) is 9.55 Å². The second-order valence-corrected chi connectivity index (χ2v) is 6.72. The summed E-state index contributed by atoms with van der Waals surface area (Å²) in [4.78, 5) is 32.8. The molecule has 0 radical (unpaired) electrons. The maximum Gasteiger partial charge on any atom is 0.270 e. The predicted molar refractivity (Wildman–Crippen MR) is 119 cm³/mol. The molecule has 0 aliphatic carbocycles. The second kappa shape index (κ2) is 8.68. The molecule has 0 unspecified atom stereocenters. The zero-order valence-corrected chi connectivity index (χ0v) is 17.3. The van der Waals surface area contributed by atoms with Crippen LogP contribution in [0.25, 0.3) is 11.0 Å². The van der Waals surface area contributed by atoms with Crippen molar-refractivity contribution in [3.8, 4) is 11.5 Å². The highest BCUT2D eigenvalue weighted by Crippen LogP contribution is 2.28. The highest BCUT2D eigenvalue weighted by Gasteiger charge is 2.19. The largest absolute Gasteiger partial charge is 0.493 e. The lowest BCUT2D eigenvalue weighted by Crippen LogP contribution is -2.12. The van der Waals surface area contributed by atoms with E-state index < -0.39 is 10.8 Å². The van der Waals surface area contributed by atoms with Gasteiger partial charge in [0, 0.05) is 23.9 Å². The number of imidazole rings is 1. The van der Waals surface area contributed by atoms with E-state index in [0.29, 0.717) is 28.1 Å². The van der Waals surface area contributed by atoms with Gasteiger partial charge in [0.15, 0.2) is 11.5 Å². The number of hydrogen-bond acceptors (Lipinski definition) is 7. The minimum absolute atomic E-state index is 0.150. The summed E-state index contributed by atoms with van der Waals surface area (Å²) in [6.45, 7) is 0. The van der Waals surface area contributed by atoms with Crippen LogP contribution in [0.2, 0.25) is 0 Å². The summed E-state index contributed by atoms with van der Waals surface area (Å²) in [7, 11) is 3.09. The molecule has 0 atom stereocenters. The van der Waals surface area contributed by atoms with Crippen molar-refractivity contribution >= 4 is 34.8 Å². The van der Waals surface area contributed by atoms with Crippen LogP contribution >= 0.6 is 0 Å². The van der Waals surface area contributed by atoms with E-state index in [1.165, 1.54) is 35.9 Å². The Labute approximate surface area is 182 Å². The van der Waals surface area contributed by atoms with E-state index in [-0.39, 0.29) is 17.2 Å². The van der Waals surface area contributed by atoms with Gasteiger partial charge >= 0.3 is 0 Å². The molecule has 0 aliphatic heterocycles. The van der Waals surface area contributed by atoms with Crippen LogP contribution in [0, 0.1) is 10.1 Å². The first kappa shape index (κ1) is 20.7. The quantitative estimate of drug-likeness (QED) is 0.255. The fourth-order valence-corrected chi connectivity index (χ4v) is 3.25. The molecule has 0 fully saturated rings. The fraction of sp³-hybridized carbons (Fsp3) is 0.0870. The number of non-ortho nitro benzene ring substituents is 1. The number of aliphatic imine (C=N–C) groups is 1. The Balaban J connectivity index is 1.79. The molecule has 9 nitrogen and oxygen atoms in total. The lowest BCUT2D eigenvalue weighted by Gasteiger charge is -2.07. The van der Waals surface area contributed by atoms with Crippen molar-refractivity contribution in [2.24, 2.45) is 4.99 Å². The first-order chi connectivity index (χ1) is 15.5. The van der Waals surface area contributed by atoms with Crippen LogP contribution in [0.5, 0.6) is 11.5 Å². The van der Waals surface area contributed by atoms with Crippen molar-refractivity contribution in [3.63, 3.8) is 0 Å². The summed E-state index contributed by atoms with van der Waals surface area (Å²) in [5, 5.41) is 11.1. The molecule has 1 aromatic heterocycles. The van der Waals surface area contributed by atoms with E-state index in [2.05, 4.69) is 9.98 Å². The number of rotatable bonds is 6. The molecule has 0 bridgehead atoms. The molecular weight excluding hydrogens is 412 g/mol. The molecule has 160 valence electrons. The lowest BCUT2D eigenvalue weighted by atomic mass is 10.2. The molecule has 1 heterocycles. The standard InChI is InChI=1S/C23H18N4O5/c1-31-20-11-10-15(12-21(20)32-2)14-24-23-25-18-8-3-4-9-19(18)26(23)22(28)16-6-5-7-17(13-16)27(29)30/h3-14H,1-2H3/b24-14+. The number of para-hydroxylation sites is 2. The third kappa shape index (κ3) is 3.91. The molecule has 32 heavy (non-hydrogen) atoms. The van der Waals surface area contributed by atoms with E-state index in [1.807, 2.05) is 0 Å². The second-order valence-electron chi connectivity index (χ2n) is 6.72. The zero-order chi connectivity index (χ0) is 22.7. The van der Waals surface area contributed by atoms with Crippen LogP contribution in [0.4, 0.5) is 11.6 Å². The molecule has 4 aromatic rings. The SMILES string of the molecule is COc1ccc(/C=N/c2nc3ccccc3n2C(=O)c2cccc([N+](=O)[O-])c2)cc1OC. The van der Waals surface area contributed by atoms with Gasteiger partial charge in [-0.15, -0.1) is 0 Å². The number of nitro groups is 1. The predicted octanol–water partition coefficient (Wildman–Crippen LogP) is 4.40. The minimum Gasteiger partial charge on any atom is -0.493 e. The fourth-order valence-electron chi connectivity index (χ4n) is 3.25. The third-order valence-electron chi connectivity index (χ3n) is 4.79. The van der Waals surface area contributed by atoms with Crippen LogP contribution in [-0.4, -0.2) is 40.8 Å². The average molecular weight is 430 g/mol. The smallest absolute Gasteiger partial charge is 0.270 e. The number of hydrogen-bond donors (Lipinski definition) is 0. The summed E-state index contributed by atoms with van der Waals surface area (Å²) < 4.78 is 11.9. The van der Waals surface area contributed by atoms with E-state index in [4.69, 9.17) is 9.47 Å². The first-order valence-corrected chi connectivity index (χ1v) is 9.54. The van der Waals surface area contributed by atoms with Crippen molar-refractivity contribution in [2.45, 2.75) is 0 Å². The number of benzene rings is 3. The zero-order valence-electron chi connectivity index (χ0n) is 17.3. The van der Waals surface area contributed by atoms with E-state index in [9.17, 15) is 14.9 Å². The Morgan fingerprint density at radius 1 is 1.03 bits per heavy atom. The van der Waals surface area contributed by atoms with Crippen LogP contribution in [0.3, 0.4) is 0 Å². The average Bonchev–Trinajstić information content (AvgIpc) is 3.20. The van der Waals surface area contributed by atoms with Crippen LogP contribution in [0.1, 0.15) is 15.9 Å². The highest BCUT2D eigenvalue weighted by atomic mass is 16.6. The molecule has 0 aliphatic rings. The molecule has 0 amide bonds. The summed E-state index contributed by atoms with van der Waals surface area (Å²) in [5.41, 5.74) is 1.82. The third-order valence-corrected chi connectivity index (χ3v) is 4.79. The van der Waals surface area contributed by atoms with Gasteiger partial charge in [0.05, 0.1) is 30.2 Å². The van der Waals surface area contributed by atoms with Crippen molar-refractivity contribution in [3.05, 3.63) is 88.0 Å². The molecule has 9 heteroatoms. The normalized spacial score (nSPS) is 11.1. The first-order valence-electron chi connectivity index (χ1n) is 9.54. The van der Waals surface area contributed by atoms with Crippen LogP contribution in [0.15, 0.2) is 71.7 Å². The highest BCUT2D eigenvalue weighted by molar-refractivity contribution is 6.04. The molecular formula is C23H18N4O5. The molecule has 0 N–H and O–H groups in total. The summed E-state index contributed by atoms with van der Waals surface area (Å²) in [6, 6.07) is 17.9. The van der Waals surface area contributed by atoms with Gasteiger partial charge in [-0.05, 0) is 42.0 Å². The summed E-state index contributed by atoms with van der Waals surface area (Å²) >= 11 is 0. The maximum atomic E-state index is 13.3. The molecule has 0 spiro atoms. The number of nitro benzene ring substituents is 1. The summed E-state index contributed by atoms with van der Waals surface area (Å²) in [5.74, 6) is 0.801. The monoisotopic (exact) mass is 430 g/mol. The van der Waals surface area contributed by atoms with Crippen molar-refractivity contribution in [2.75, 3.05) is 14.2 Å². The van der Waals surface area contributed by atoms with E-state index >= 15 is 0 Å². The number of nitrogens with zero attached hydrogens (tertiary/aromatic N) is 4. The van der Waals surface area contributed by atoms with Gasteiger partial charge in [-0.1, -0.05) is 18.2 Å². The number of carbonyl (C=O) groups is 1. The number of aromatic nitrogens is 2. The topological polar surface area (TPSA) is 109 Å². The van der Waals surface area contributed by atoms with Gasteiger partial charge in [-0.25, -0.2) is 14.5 Å². The Morgan fingerprint density at radius 3 is 2.56 bits per heavy atom. The molecule has 0 saturated heterocycles. The minimum atomic E-state index is -0.543. The van der Waals surface area contributed by atoms with Gasteiger partial charge in [0.2, 0.25) is 5.95 Å². The van der Waals surface area contributed by atoms with Gasteiger partial charge in [0.25, 0.3) is 11.6 Å². The van der Waals surface area contributed by atoms with Crippen LogP contribution in [-0.2, 0) is 0 Å². The number of fused-ring (bicyclic) bond motifs is 1. The Hall–Kier alpha value is -4.53. The Kier molecular flexibility index (Phi) is 5.63. The molecule has 0 saturated carbocycles. The van der Waals surface area contributed by atoms with Crippen molar-refractivity contribution in [1.29, 1.82) is 0 Å². The Bertz CT molecular complexity index is 1360. The van der Waals surface area contributed by atoms with Gasteiger partial charge in [-0.3, -0.25) is 14.9 Å². The number of methoxy groups -OCH3 is 2. The van der Waals surface area contributed by atoms with E-state index in [0.717, 1.165) is 0 Å². The van der Waals surface area contributed by atoms with Gasteiger partial charge < -0.3 is 9.47 Å². The summed E-state index contributed by atoms with van der Waals surface area (Å²) in [6.07, 6.45) is 1.56. The maximum absolute atomic E-state index is 13.3.